The molecule has 38 heavy (non-hydrogen) atoms. The van der Waals surface area contributed by atoms with Crippen LogP contribution in [0.4, 0.5) is 15.0 Å². The molecule has 0 radical (unpaired) electrons. The standard InChI is InChI=1S/C28H28FN5O4/c1-17-13-19-14-24(23(37-2)16-22(19)34(17)27(30)36)38-21-7-10-32-25(15-21)33-26(35)18-3-5-20(6-4-18)28(29)8-11-31-12-9-28/h3-7,10,13-16,31H,8-9,11-12H2,1-2H3,(H2,30,36)(H,32,33,35). The van der Waals surface area contributed by atoms with E-state index in [1.54, 1.807) is 55.5 Å². The monoisotopic (exact) mass is 517 g/mol. The molecule has 196 valence electrons. The smallest absolute Gasteiger partial charge is 0.323 e. The Morgan fingerprint density at radius 1 is 1.08 bits per heavy atom. The highest BCUT2D eigenvalue weighted by molar-refractivity contribution is 6.03. The minimum Gasteiger partial charge on any atom is -0.493 e. The number of fused-ring (bicyclic) bond motifs is 1. The number of pyridine rings is 1. The molecule has 1 aliphatic rings. The van der Waals surface area contributed by atoms with Crippen molar-refractivity contribution >= 4 is 28.7 Å². The molecule has 4 aromatic rings. The van der Waals surface area contributed by atoms with Gasteiger partial charge in [-0.3, -0.25) is 9.36 Å². The van der Waals surface area contributed by atoms with E-state index in [1.807, 2.05) is 6.07 Å². The number of hydrogen-bond acceptors (Lipinski definition) is 6. The van der Waals surface area contributed by atoms with Gasteiger partial charge in [0.2, 0.25) is 0 Å². The molecule has 0 aliphatic carbocycles. The maximum Gasteiger partial charge on any atom is 0.323 e. The van der Waals surface area contributed by atoms with E-state index in [2.05, 4.69) is 15.6 Å². The Kier molecular flexibility index (Phi) is 6.73. The predicted molar refractivity (Wildman–Crippen MR) is 142 cm³/mol. The van der Waals surface area contributed by atoms with Crippen LogP contribution in [0.3, 0.4) is 0 Å². The Labute approximate surface area is 218 Å². The van der Waals surface area contributed by atoms with Crippen molar-refractivity contribution in [2.45, 2.75) is 25.4 Å². The molecule has 2 amide bonds. The number of aryl methyl sites for hydroxylation is 1. The maximum atomic E-state index is 15.2. The molecule has 0 bridgehead atoms. The molecule has 1 fully saturated rings. The highest BCUT2D eigenvalue weighted by Gasteiger charge is 2.33. The fourth-order valence-corrected chi connectivity index (χ4v) is 4.78. The number of methoxy groups -OCH3 is 1. The number of benzene rings is 2. The van der Waals surface area contributed by atoms with Gasteiger partial charge in [0.1, 0.15) is 17.2 Å². The number of alkyl halides is 1. The molecule has 0 atom stereocenters. The summed E-state index contributed by atoms with van der Waals surface area (Å²) in [4.78, 5) is 28.9. The number of hydrogen-bond donors (Lipinski definition) is 3. The van der Waals surface area contributed by atoms with Crippen molar-refractivity contribution < 1.29 is 23.5 Å². The summed E-state index contributed by atoms with van der Waals surface area (Å²) in [6, 6.07) is 14.5. The summed E-state index contributed by atoms with van der Waals surface area (Å²) < 4.78 is 28.1. The Bertz CT molecular complexity index is 1510. The molecule has 10 heteroatoms. The lowest BCUT2D eigenvalue weighted by Crippen LogP contribution is -2.36. The second kappa shape index (κ2) is 10.1. The number of nitrogens with zero attached hydrogens (tertiary/aromatic N) is 2. The molecule has 1 saturated heterocycles. The Hall–Kier alpha value is -4.44. The van der Waals surface area contributed by atoms with Gasteiger partial charge in [-0.2, -0.15) is 0 Å². The van der Waals surface area contributed by atoms with Gasteiger partial charge in [-0.1, -0.05) is 12.1 Å². The molecular weight excluding hydrogens is 489 g/mol. The lowest BCUT2D eigenvalue weighted by Gasteiger charge is -2.30. The number of carbonyl (C=O) groups is 2. The zero-order valence-corrected chi connectivity index (χ0v) is 21.1. The van der Waals surface area contributed by atoms with Crippen LogP contribution in [0.5, 0.6) is 17.2 Å². The summed E-state index contributed by atoms with van der Waals surface area (Å²) in [5, 5.41) is 6.67. The van der Waals surface area contributed by atoms with Gasteiger partial charge in [-0.05, 0) is 68.8 Å². The van der Waals surface area contributed by atoms with Gasteiger partial charge in [0.05, 0.1) is 12.6 Å². The topological polar surface area (TPSA) is 120 Å². The molecule has 4 N–H and O–H groups in total. The van der Waals surface area contributed by atoms with Crippen molar-refractivity contribution in [2.24, 2.45) is 5.73 Å². The first-order valence-electron chi connectivity index (χ1n) is 12.2. The van der Waals surface area contributed by atoms with Crippen LogP contribution in [0.15, 0.2) is 60.8 Å². The van der Waals surface area contributed by atoms with Crippen molar-refractivity contribution in [1.82, 2.24) is 14.9 Å². The SMILES string of the molecule is COc1cc2c(cc1Oc1ccnc(NC(=O)c3ccc(C4(F)CCNCC4)cc3)c1)cc(C)n2C(N)=O. The highest BCUT2D eigenvalue weighted by Crippen LogP contribution is 2.37. The van der Waals surface area contributed by atoms with E-state index in [0.29, 0.717) is 65.5 Å². The quantitative estimate of drug-likeness (QED) is 0.336. The second-order valence-corrected chi connectivity index (χ2v) is 9.25. The van der Waals surface area contributed by atoms with Crippen LogP contribution in [-0.4, -0.2) is 41.7 Å². The van der Waals surface area contributed by atoms with E-state index < -0.39 is 11.7 Å². The molecule has 0 unspecified atom stereocenters. The molecular formula is C28H28FN5O4. The number of nitrogens with one attached hydrogen (secondary N) is 2. The predicted octanol–water partition coefficient (Wildman–Crippen LogP) is 4.87. The number of rotatable bonds is 6. The van der Waals surface area contributed by atoms with E-state index in [9.17, 15) is 9.59 Å². The van der Waals surface area contributed by atoms with Crippen molar-refractivity contribution in [3.63, 3.8) is 0 Å². The van der Waals surface area contributed by atoms with Crippen LogP contribution >= 0.6 is 0 Å². The fraction of sp³-hybridized carbons (Fsp3) is 0.250. The Morgan fingerprint density at radius 2 is 1.82 bits per heavy atom. The largest absolute Gasteiger partial charge is 0.493 e. The van der Waals surface area contributed by atoms with Crippen LogP contribution in [-0.2, 0) is 5.67 Å². The summed E-state index contributed by atoms with van der Waals surface area (Å²) in [6.07, 6.45) is 2.32. The molecule has 3 heterocycles. The van der Waals surface area contributed by atoms with E-state index in [4.69, 9.17) is 15.2 Å². The first-order valence-corrected chi connectivity index (χ1v) is 12.2. The second-order valence-electron chi connectivity index (χ2n) is 9.25. The van der Waals surface area contributed by atoms with Gasteiger partial charge < -0.3 is 25.8 Å². The van der Waals surface area contributed by atoms with E-state index >= 15 is 4.39 Å². The maximum absolute atomic E-state index is 15.2. The number of aromatic nitrogens is 2. The zero-order valence-electron chi connectivity index (χ0n) is 21.1. The van der Waals surface area contributed by atoms with Crippen LogP contribution in [0, 0.1) is 6.92 Å². The highest BCUT2D eigenvalue weighted by atomic mass is 19.1. The summed E-state index contributed by atoms with van der Waals surface area (Å²) >= 11 is 0. The zero-order chi connectivity index (χ0) is 26.9. The normalized spacial score (nSPS) is 14.7. The minimum absolute atomic E-state index is 0.285. The third kappa shape index (κ3) is 4.90. The number of anilines is 1. The molecule has 1 aliphatic heterocycles. The van der Waals surface area contributed by atoms with Gasteiger partial charge in [0.15, 0.2) is 11.5 Å². The fourth-order valence-electron chi connectivity index (χ4n) is 4.78. The van der Waals surface area contributed by atoms with Crippen LogP contribution in [0.1, 0.15) is 34.5 Å². The third-order valence-electron chi connectivity index (χ3n) is 6.75. The van der Waals surface area contributed by atoms with E-state index in [0.717, 1.165) is 5.39 Å². The number of primary amides is 1. The Balaban J connectivity index is 1.33. The van der Waals surface area contributed by atoms with Crippen LogP contribution < -0.4 is 25.8 Å². The number of amides is 2. The first-order chi connectivity index (χ1) is 18.3. The van der Waals surface area contributed by atoms with Crippen LogP contribution in [0.2, 0.25) is 0 Å². The molecule has 9 nitrogen and oxygen atoms in total. The van der Waals surface area contributed by atoms with Crippen molar-refractivity contribution in [1.29, 1.82) is 0 Å². The Morgan fingerprint density at radius 3 is 2.50 bits per heavy atom. The summed E-state index contributed by atoms with van der Waals surface area (Å²) in [5.41, 5.74) is 6.40. The summed E-state index contributed by atoms with van der Waals surface area (Å²) in [7, 11) is 1.50. The molecule has 0 saturated carbocycles. The lowest BCUT2D eigenvalue weighted by molar-refractivity contribution is 0.102. The van der Waals surface area contributed by atoms with Gasteiger partial charge >= 0.3 is 6.03 Å². The number of halogens is 1. The van der Waals surface area contributed by atoms with Crippen LogP contribution in [0.25, 0.3) is 10.9 Å². The minimum atomic E-state index is -1.38. The van der Waals surface area contributed by atoms with Crippen molar-refractivity contribution in [2.75, 3.05) is 25.5 Å². The number of ether oxygens (including phenoxy) is 2. The van der Waals surface area contributed by atoms with Gasteiger partial charge in [0, 0.05) is 35.0 Å². The molecule has 5 rings (SSSR count). The van der Waals surface area contributed by atoms with E-state index in [-0.39, 0.29) is 11.7 Å². The van der Waals surface area contributed by atoms with E-state index in [1.165, 1.54) is 17.9 Å². The number of carbonyl (C=O) groups excluding carboxylic acids is 2. The first kappa shape index (κ1) is 25.2. The molecule has 2 aromatic carbocycles. The van der Waals surface area contributed by atoms with Gasteiger partial charge in [-0.15, -0.1) is 0 Å². The number of piperidine rings is 1. The van der Waals surface area contributed by atoms with Crippen molar-refractivity contribution in [3.05, 3.63) is 77.6 Å². The third-order valence-corrected chi connectivity index (χ3v) is 6.75. The summed E-state index contributed by atoms with van der Waals surface area (Å²) in [5.74, 6) is 1.15. The molecule has 0 spiro atoms. The molecule has 2 aromatic heterocycles. The average Bonchev–Trinajstić information content (AvgIpc) is 3.23. The number of nitrogens with two attached hydrogens (primary N) is 1. The van der Waals surface area contributed by atoms with Crippen molar-refractivity contribution in [3.8, 4) is 17.2 Å². The lowest BCUT2D eigenvalue weighted by atomic mass is 9.86. The van der Waals surface area contributed by atoms with Gasteiger partial charge in [-0.25, -0.2) is 14.2 Å². The summed E-state index contributed by atoms with van der Waals surface area (Å²) in [6.45, 7) is 3.04. The van der Waals surface area contributed by atoms with Gasteiger partial charge in [0.25, 0.3) is 5.91 Å². The average molecular weight is 518 g/mol.